The predicted octanol–water partition coefficient (Wildman–Crippen LogP) is 1.73. The van der Waals surface area contributed by atoms with Gasteiger partial charge in [-0.1, -0.05) is 24.3 Å². The van der Waals surface area contributed by atoms with Crippen LogP contribution in [0.5, 0.6) is 0 Å². The maximum absolute atomic E-state index is 11.7. The van der Waals surface area contributed by atoms with E-state index in [-0.39, 0.29) is 11.4 Å². The zero-order chi connectivity index (χ0) is 14.9. The Morgan fingerprint density at radius 1 is 1.14 bits per heavy atom. The van der Waals surface area contributed by atoms with Crippen molar-refractivity contribution in [2.75, 3.05) is 11.4 Å². The maximum Gasteiger partial charge on any atom is 0.235 e. The Labute approximate surface area is 123 Å². The van der Waals surface area contributed by atoms with E-state index in [4.69, 9.17) is 5.14 Å². The van der Waals surface area contributed by atoms with E-state index in [9.17, 15) is 8.42 Å². The Hall–Kier alpha value is -2.18. The number of aromatic nitrogens is 1. The zero-order valence-electron chi connectivity index (χ0n) is 11.3. The molecule has 0 bridgehead atoms. The van der Waals surface area contributed by atoms with E-state index in [1.807, 2.05) is 47.4 Å². The van der Waals surface area contributed by atoms with E-state index in [1.165, 1.54) is 0 Å². The topological polar surface area (TPSA) is 76.3 Å². The number of anilines is 1. The van der Waals surface area contributed by atoms with Crippen LogP contribution in [0.4, 0.5) is 5.69 Å². The fourth-order valence-corrected chi connectivity index (χ4v) is 3.02. The monoisotopic (exact) mass is 301 g/mol. The Balaban J connectivity index is 2.00. The Kier molecular flexibility index (Phi) is 3.48. The number of hydrogen-bond acceptors (Lipinski definition) is 4. The number of fused-ring (bicyclic) bond motifs is 1. The maximum atomic E-state index is 11.7. The van der Waals surface area contributed by atoms with E-state index in [0.29, 0.717) is 6.54 Å². The summed E-state index contributed by atoms with van der Waals surface area (Å²) in [5, 5.41) is 5.28. The van der Waals surface area contributed by atoms with Crippen molar-refractivity contribution in [1.82, 2.24) is 4.98 Å². The van der Waals surface area contributed by atoms with Crippen LogP contribution >= 0.6 is 0 Å². The summed E-state index contributed by atoms with van der Waals surface area (Å²) < 4.78 is 23.3. The van der Waals surface area contributed by atoms with Crippen LogP contribution < -0.4 is 10.0 Å². The molecule has 1 aliphatic rings. The van der Waals surface area contributed by atoms with Gasteiger partial charge >= 0.3 is 0 Å². The normalized spacial score (nSPS) is 14.5. The molecule has 2 aromatic rings. The van der Waals surface area contributed by atoms with Gasteiger partial charge in [0.15, 0.2) is 0 Å². The zero-order valence-corrected chi connectivity index (χ0v) is 12.1. The SMILES string of the molecule is NS(=O)(=O)C1=Cc2ccccc2N(Cc2ccccn2)C1. The molecule has 3 rings (SSSR count). The van der Waals surface area contributed by atoms with Crippen LogP contribution in [0.2, 0.25) is 0 Å². The Morgan fingerprint density at radius 2 is 1.90 bits per heavy atom. The van der Waals surface area contributed by atoms with Crippen molar-refractivity contribution in [1.29, 1.82) is 0 Å². The van der Waals surface area contributed by atoms with Crippen molar-refractivity contribution in [2.45, 2.75) is 6.54 Å². The van der Waals surface area contributed by atoms with E-state index in [0.717, 1.165) is 16.9 Å². The molecule has 0 radical (unpaired) electrons. The molecule has 0 unspecified atom stereocenters. The first-order chi connectivity index (χ1) is 10.0. The predicted molar refractivity (Wildman–Crippen MR) is 82.8 cm³/mol. The highest BCUT2D eigenvalue weighted by Gasteiger charge is 2.23. The van der Waals surface area contributed by atoms with Gasteiger partial charge in [0.05, 0.1) is 23.7 Å². The lowest BCUT2D eigenvalue weighted by molar-refractivity contribution is 0.602. The third-order valence-corrected chi connectivity index (χ3v) is 4.36. The summed E-state index contributed by atoms with van der Waals surface area (Å²) in [4.78, 5) is 6.48. The summed E-state index contributed by atoms with van der Waals surface area (Å²) in [5.74, 6) is 0. The summed E-state index contributed by atoms with van der Waals surface area (Å²) in [6.07, 6.45) is 3.36. The fourth-order valence-electron chi connectivity index (χ4n) is 2.39. The van der Waals surface area contributed by atoms with Crippen molar-refractivity contribution in [2.24, 2.45) is 5.14 Å². The second-order valence-corrected chi connectivity index (χ2v) is 6.51. The van der Waals surface area contributed by atoms with Gasteiger partial charge in [-0.15, -0.1) is 0 Å². The third kappa shape index (κ3) is 2.96. The average Bonchev–Trinajstić information content (AvgIpc) is 2.47. The number of nitrogens with two attached hydrogens (primary N) is 1. The number of benzene rings is 1. The fraction of sp³-hybridized carbons (Fsp3) is 0.133. The van der Waals surface area contributed by atoms with Gasteiger partial charge in [0.1, 0.15) is 0 Å². The Bertz CT molecular complexity index is 786. The average molecular weight is 301 g/mol. The van der Waals surface area contributed by atoms with E-state index in [2.05, 4.69) is 4.98 Å². The van der Waals surface area contributed by atoms with Crippen molar-refractivity contribution < 1.29 is 8.42 Å². The van der Waals surface area contributed by atoms with Crippen LogP contribution in [0.3, 0.4) is 0 Å². The molecule has 0 spiro atoms. The van der Waals surface area contributed by atoms with Crippen molar-refractivity contribution in [3.05, 3.63) is 64.8 Å². The molecular formula is C15H15N3O2S. The number of rotatable bonds is 3. The van der Waals surface area contributed by atoms with Gasteiger partial charge in [0, 0.05) is 11.9 Å². The molecular weight excluding hydrogens is 286 g/mol. The summed E-state index contributed by atoms with van der Waals surface area (Å²) in [6.45, 7) is 0.789. The van der Waals surface area contributed by atoms with E-state index in [1.54, 1.807) is 12.3 Å². The molecule has 108 valence electrons. The molecule has 2 N–H and O–H groups in total. The molecule has 1 aromatic heterocycles. The highest BCUT2D eigenvalue weighted by Crippen LogP contribution is 2.30. The third-order valence-electron chi connectivity index (χ3n) is 3.39. The first-order valence-electron chi connectivity index (χ1n) is 6.51. The van der Waals surface area contributed by atoms with E-state index < -0.39 is 10.0 Å². The summed E-state index contributed by atoms with van der Waals surface area (Å²) in [6, 6.07) is 13.3. The highest BCUT2D eigenvalue weighted by molar-refractivity contribution is 7.93. The molecule has 1 aliphatic heterocycles. The van der Waals surface area contributed by atoms with Gasteiger partial charge in [-0.2, -0.15) is 0 Å². The van der Waals surface area contributed by atoms with Gasteiger partial charge < -0.3 is 4.90 Å². The van der Waals surface area contributed by atoms with Crippen molar-refractivity contribution >= 4 is 21.8 Å². The standard InChI is InChI=1S/C15H15N3O2S/c16-21(19,20)14-9-12-5-1-2-7-15(12)18(11-14)10-13-6-3-4-8-17-13/h1-9H,10-11H2,(H2,16,19,20). The number of para-hydroxylation sites is 1. The van der Waals surface area contributed by atoms with Gasteiger partial charge in [-0.3, -0.25) is 4.98 Å². The van der Waals surface area contributed by atoms with Gasteiger partial charge in [-0.05, 0) is 29.8 Å². The van der Waals surface area contributed by atoms with Crippen LogP contribution in [-0.4, -0.2) is 19.9 Å². The van der Waals surface area contributed by atoms with Crippen LogP contribution in [0.1, 0.15) is 11.3 Å². The lowest BCUT2D eigenvalue weighted by Crippen LogP contribution is -2.33. The quantitative estimate of drug-likeness (QED) is 0.936. The molecule has 21 heavy (non-hydrogen) atoms. The minimum atomic E-state index is -3.69. The van der Waals surface area contributed by atoms with Crippen LogP contribution in [-0.2, 0) is 16.6 Å². The van der Waals surface area contributed by atoms with E-state index >= 15 is 0 Å². The Morgan fingerprint density at radius 3 is 2.62 bits per heavy atom. The van der Waals surface area contributed by atoms with Crippen LogP contribution in [0.15, 0.2) is 53.6 Å². The smallest absolute Gasteiger partial charge is 0.235 e. The minimum absolute atomic E-state index is 0.220. The first kappa shape index (κ1) is 13.8. The molecule has 2 heterocycles. The molecule has 0 amide bonds. The lowest BCUT2D eigenvalue weighted by Gasteiger charge is -2.30. The molecule has 6 heteroatoms. The summed E-state index contributed by atoms with van der Waals surface area (Å²) >= 11 is 0. The molecule has 0 saturated heterocycles. The molecule has 0 atom stereocenters. The summed E-state index contributed by atoms with van der Waals surface area (Å²) in [7, 11) is -3.69. The number of sulfonamides is 1. The first-order valence-corrected chi connectivity index (χ1v) is 8.06. The number of pyridine rings is 1. The number of primary sulfonamides is 1. The number of hydrogen-bond donors (Lipinski definition) is 1. The second-order valence-electron chi connectivity index (χ2n) is 4.89. The molecule has 0 fully saturated rings. The van der Waals surface area contributed by atoms with Crippen molar-refractivity contribution in [3.8, 4) is 0 Å². The van der Waals surface area contributed by atoms with Crippen LogP contribution in [0.25, 0.3) is 6.08 Å². The second kappa shape index (κ2) is 5.31. The molecule has 0 aliphatic carbocycles. The number of nitrogens with zero attached hydrogens (tertiary/aromatic N) is 2. The largest absolute Gasteiger partial charge is 0.360 e. The molecule has 5 nitrogen and oxygen atoms in total. The minimum Gasteiger partial charge on any atom is -0.360 e. The summed E-state index contributed by atoms with van der Waals surface area (Å²) in [5.41, 5.74) is 2.71. The highest BCUT2D eigenvalue weighted by atomic mass is 32.2. The lowest BCUT2D eigenvalue weighted by atomic mass is 10.1. The van der Waals surface area contributed by atoms with Gasteiger partial charge in [0.25, 0.3) is 0 Å². The van der Waals surface area contributed by atoms with Crippen molar-refractivity contribution in [3.63, 3.8) is 0 Å². The molecule has 1 aromatic carbocycles. The van der Waals surface area contributed by atoms with Gasteiger partial charge in [-0.25, -0.2) is 13.6 Å². The van der Waals surface area contributed by atoms with Gasteiger partial charge in [0.2, 0.25) is 10.0 Å². The van der Waals surface area contributed by atoms with Crippen LogP contribution in [0, 0.1) is 0 Å². The molecule has 0 saturated carbocycles.